The lowest BCUT2D eigenvalue weighted by atomic mass is 10.2. The van der Waals surface area contributed by atoms with Crippen LogP contribution in [0, 0.1) is 10.1 Å². The molecule has 0 amide bonds. The zero-order chi connectivity index (χ0) is 11.4. The maximum atomic E-state index is 10.7. The van der Waals surface area contributed by atoms with Crippen LogP contribution in [0.4, 0.5) is 5.82 Å². The maximum Gasteiger partial charge on any atom is 0.384 e. The quantitative estimate of drug-likeness (QED) is 0.462. The zero-order valence-electron chi connectivity index (χ0n) is 8.51. The SMILES string of the molecule is COCC(Br)Cc1c([N+](=O)[O-])ncn1C. The molecule has 0 bridgehead atoms. The van der Waals surface area contributed by atoms with Crippen LogP contribution < -0.4 is 0 Å². The summed E-state index contributed by atoms with van der Waals surface area (Å²) in [4.78, 5) is 14.0. The van der Waals surface area contributed by atoms with Gasteiger partial charge in [0, 0.05) is 25.4 Å². The van der Waals surface area contributed by atoms with E-state index in [2.05, 4.69) is 20.9 Å². The summed E-state index contributed by atoms with van der Waals surface area (Å²) in [6.07, 6.45) is 1.96. The summed E-state index contributed by atoms with van der Waals surface area (Å²) < 4.78 is 6.60. The largest absolute Gasteiger partial charge is 0.384 e. The Kier molecular flexibility index (Phi) is 4.22. The number of alkyl halides is 1. The first kappa shape index (κ1) is 12.1. The molecule has 0 saturated carbocycles. The molecule has 1 atom stereocenters. The van der Waals surface area contributed by atoms with Gasteiger partial charge in [-0.1, -0.05) is 15.9 Å². The Labute approximate surface area is 95.5 Å². The van der Waals surface area contributed by atoms with Crippen LogP contribution in [-0.4, -0.2) is 33.0 Å². The van der Waals surface area contributed by atoms with Crippen LogP contribution in [0.1, 0.15) is 5.69 Å². The third-order valence-corrected chi connectivity index (χ3v) is 2.56. The molecule has 0 aliphatic carbocycles. The summed E-state index contributed by atoms with van der Waals surface area (Å²) in [5.41, 5.74) is 0.596. The van der Waals surface area contributed by atoms with Crippen molar-refractivity contribution in [2.24, 2.45) is 7.05 Å². The Bertz CT molecular complexity index is 353. The zero-order valence-corrected chi connectivity index (χ0v) is 10.1. The molecule has 0 aromatic carbocycles. The van der Waals surface area contributed by atoms with Crippen molar-refractivity contribution in [3.05, 3.63) is 22.1 Å². The normalized spacial score (nSPS) is 12.7. The lowest BCUT2D eigenvalue weighted by Crippen LogP contribution is -2.13. The minimum atomic E-state index is -0.470. The summed E-state index contributed by atoms with van der Waals surface area (Å²) in [5, 5.41) is 10.7. The molecule has 0 saturated heterocycles. The van der Waals surface area contributed by atoms with E-state index in [-0.39, 0.29) is 10.6 Å². The average molecular weight is 278 g/mol. The molecule has 0 fully saturated rings. The highest BCUT2D eigenvalue weighted by Gasteiger charge is 2.21. The second-order valence-electron chi connectivity index (χ2n) is 3.14. The Morgan fingerprint density at radius 3 is 3.00 bits per heavy atom. The molecule has 7 heteroatoms. The van der Waals surface area contributed by atoms with E-state index in [0.29, 0.717) is 18.7 Å². The molecule has 1 rings (SSSR count). The van der Waals surface area contributed by atoms with E-state index in [1.807, 2.05) is 0 Å². The molecule has 15 heavy (non-hydrogen) atoms. The maximum absolute atomic E-state index is 10.7. The number of imidazole rings is 1. The number of methoxy groups -OCH3 is 1. The Hall–Kier alpha value is -0.950. The predicted octanol–water partition coefficient (Wildman–Crippen LogP) is 1.28. The molecule has 84 valence electrons. The molecule has 0 aliphatic rings. The van der Waals surface area contributed by atoms with E-state index in [9.17, 15) is 10.1 Å². The van der Waals surface area contributed by atoms with Crippen LogP contribution in [0.5, 0.6) is 0 Å². The van der Waals surface area contributed by atoms with Gasteiger partial charge in [0.1, 0.15) is 5.69 Å². The summed E-state index contributed by atoms with van der Waals surface area (Å²) >= 11 is 3.39. The second kappa shape index (κ2) is 5.22. The molecule has 1 heterocycles. The Balaban J connectivity index is 2.83. The Morgan fingerprint density at radius 2 is 2.47 bits per heavy atom. The number of aromatic nitrogens is 2. The van der Waals surface area contributed by atoms with Gasteiger partial charge in [0.2, 0.25) is 6.33 Å². The van der Waals surface area contributed by atoms with Crippen molar-refractivity contribution < 1.29 is 9.66 Å². The number of ether oxygens (including phenoxy) is 1. The number of aryl methyl sites for hydroxylation is 1. The molecular formula is C8H12BrN3O3. The third kappa shape index (κ3) is 3.00. The molecule has 6 nitrogen and oxygen atoms in total. The van der Waals surface area contributed by atoms with Crippen LogP contribution in [0.3, 0.4) is 0 Å². The molecular weight excluding hydrogens is 266 g/mol. The first-order valence-electron chi connectivity index (χ1n) is 4.33. The molecule has 1 aromatic heterocycles. The fourth-order valence-electron chi connectivity index (χ4n) is 1.28. The van der Waals surface area contributed by atoms with Crippen LogP contribution in [0.25, 0.3) is 0 Å². The first-order valence-corrected chi connectivity index (χ1v) is 5.25. The van der Waals surface area contributed by atoms with E-state index in [1.165, 1.54) is 6.33 Å². The van der Waals surface area contributed by atoms with E-state index in [0.717, 1.165) is 0 Å². The van der Waals surface area contributed by atoms with E-state index >= 15 is 0 Å². The average Bonchev–Trinajstić information content (AvgIpc) is 2.48. The number of rotatable bonds is 5. The summed E-state index contributed by atoms with van der Waals surface area (Å²) in [6.45, 7) is 0.502. The Morgan fingerprint density at radius 1 is 1.80 bits per heavy atom. The number of hydrogen-bond acceptors (Lipinski definition) is 4. The van der Waals surface area contributed by atoms with Crippen molar-refractivity contribution in [3.63, 3.8) is 0 Å². The van der Waals surface area contributed by atoms with Gasteiger partial charge in [-0.05, 0) is 9.91 Å². The molecule has 0 N–H and O–H groups in total. The van der Waals surface area contributed by atoms with E-state index in [1.54, 1.807) is 18.7 Å². The van der Waals surface area contributed by atoms with Gasteiger partial charge in [-0.25, -0.2) is 0 Å². The van der Waals surface area contributed by atoms with Gasteiger partial charge >= 0.3 is 5.82 Å². The van der Waals surface area contributed by atoms with Crippen LogP contribution in [-0.2, 0) is 18.2 Å². The number of nitro groups is 1. The highest BCUT2D eigenvalue weighted by molar-refractivity contribution is 9.09. The fraction of sp³-hybridized carbons (Fsp3) is 0.625. The minimum absolute atomic E-state index is 0.0524. The van der Waals surface area contributed by atoms with Crippen molar-refractivity contribution in [2.45, 2.75) is 11.2 Å². The minimum Gasteiger partial charge on any atom is -0.384 e. The van der Waals surface area contributed by atoms with Crippen LogP contribution >= 0.6 is 15.9 Å². The van der Waals surface area contributed by atoms with Crippen LogP contribution in [0.2, 0.25) is 0 Å². The van der Waals surface area contributed by atoms with Gasteiger partial charge in [-0.2, -0.15) is 0 Å². The smallest absolute Gasteiger partial charge is 0.384 e. The standard InChI is InChI=1S/C8H12BrN3O3/c1-11-5-10-8(12(13)14)7(11)3-6(9)4-15-2/h5-6H,3-4H2,1-2H3. The van der Waals surface area contributed by atoms with Gasteiger partial charge in [0.25, 0.3) is 0 Å². The molecule has 0 radical (unpaired) electrons. The molecule has 0 spiro atoms. The van der Waals surface area contributed by atoms with Gasteiger partial charge in [0.15, 0.2) is 0 Å². The predicted molar refractivity (Wildman–Crippen MR) is 58.2 cm³/mol. The lowest BCUT2D eigenvalue weighted by molar-refractivity contribution is -0.390. The van der Waals surface area contributed by atoms with Gasteiger partial charge in [-0.15, -0.1) is 0 Å². The van der Waals surface area contributed by atoms with E-state index < -0.39 is 4.92 Å². The highest BCUT2D eigenvalue weighted by atomic mass is 79.9. The topological polar surface area (TPSA) is 70.2 Å². The number of halogens is 1. The van der Waals surface area contributed by atoms with Crippen molar-refractivity contribution in [2.75, 3.05) is 13.7 Å². The summed E-state index contributed by atoms with van der Waals surface area (Å²) in [6, 6.07) is 0. The molecule has 0 aliphatic heterocycles. The number of hydrogen-bond donors (Lipinski definition) is 0. The number of nitrogens with zero attached hydrogens (tertiary/aromatic N) is 3. The van der Waals surface area contributed by atoms with Crippen molar-refractivity contribution in [1.82, 2.24) is 9.55 Å². The second-order valence-corrected chi connectivity index (χ2v) is 4.43. The van der Waals surface area contributed by atoms with E-state index in [4.69, 9.17) is 4.74 Å². The fourth-order valence-corrected chi connectivity index (χ4v) is 1.85. The molecule has 1 unspecified atom stereocenters. The molecule has 1 aromatic rings. The summed E-state index contributed by atoms with van der Waals surface area (Å²) in [7, 11) is 3.33. The van der Waals surface area contributed by atoms with Gasteiger partial charge in [0.05, 0.1) is 6.61 Å². The summed E-state index contributed by atoms with van der Waals surface area (Å²) in [5.74, 6) is -0.0851. The van der Waals surface area contributed by atoms with Gasteiger partial charge < -0.3 is 19.4 Å². The monoisotopic (exact) mass is 277 g/mol. The van der Waals surface area contributed by atoms with Crippen molar-refractivity contribution >= 4 is 21.7 Å². The van der Waals surface area contributed by atoms with Gasteiger partial charge in [-0.3, -0.25) is 0 Å². The van der Waals surface area contributed by atoms with Crippen LogP contribution in [0.15, 0.2) is 6.33 Å². The van der Waals surface area contributed by atoms with Crippen molar-refractivity contribution in [3.8, 4) is 0 Å². The highest BCUT2D eigenvalue weighted by Crippen LogP contribution is 2.19. The third-order valence-electron chi connectivity index (χ3n) is 1.97. The first-order chi connectivity index (χ1) is 7.06. The lowest BCUT2D eigenvalue weighted by Gasteiger charge is -2.07. The van der Waals surface area contributed by atoms with Crippen molar-refractivity contribution in [1.29, 1.82) is 0 Å².